The highest BCUT2D eigenvalue weighted by Crippen LogP contribution is 2.30. The second-order valence-electron chi connectivity index (χ2n) is 6.82. The van der Waals surface area contributed by atoms with Gasteiger partial charge in [0, 0.05) is 42.3 Å². The summed E-state index contributed by atoms with van der Waals surface area (Å²) in [4.78, 5) is 15.6. The fraction of sp³-hybridized carbons (Fsp3) is 0.182. The average molecular weight is 407 g/mol. The summed E-state index contributed by atoms with van der Waals surface area (Å²) in [5.41, 5.74) is 2.21. The Morgan fingerprint density at radius 2 is 1.54 bits per heavy atom. The Morgan fingerprint density at radius 1 is 0.786 bits per heavy atom. The Labute approximate surface area is 173 Å². The molecular formula is C22H19ClN4S. The predicted octanol–water partition coefficient (Wildman–Crippen LogP) is 5.34. The molecule has 4 aromatic rings. The van der Waals surface area contributed by atoms with Crippen molar-refractivity contribution in [2.75, 3.05) is 36.0 Å². The number of halogens is 1. The van der Waals surface area contributed by atoms with Crippen LogP contribution in [-0.4, -0.2) is 36.1 Å². The number of fused-ring (bicyclic) bond motifs is 1. The van der Waals surface area contributed by atoms with Crippen LogP contribution in [0.3, 0.4) is 0 Å². The molecule has 0 amide bonds. The van der Waals surface area contributed by atoms with Gasteiger partial charge in [-0.15, -0.1) is 11.3 Å². The van der Waals surface area contributed by atoms with E-state index in [0.29, 0.717) is 0 Å². The maximum absolute atomic E-state index is 6.03. The van der Waals surface area contributed by atoms with Gasteiger partial charge < -0.3 is 9.80 Å². The molecule has 5 rings (SSSR count). The number of hydrogen-bond donors (Lipinski definition) is 0. The number of benzene rings is 2. The van der Waals surface area contributed by atoms with Gasteiger partial charge >= 0.3 is 0 Å². The van der Waals surface area contributed by atoms with Crippen molar-refractivity contribution >= 4 is 45.3 Å². The number of aromatic nitrogens is 2. The van der Waals surface area contributed by atoms with Crippen LogP contribution in [0.1, 0.15) is 0 Å². The van der Waals surface area contributed by atoms with Gasteiger partial charge in [-0.05, 0) is 47.8 Å². The quantitative estimate of drug-likeness (QED) is 0.459. The number of rotatable bonds is 3. The molecule has 0 spiro atoms. The number of thiophene rings is 1. The Bertz CT molecular complexity index is 1090. The minimum atomic E-state index is 0.774. The van der Waals surface area contributed by atoms with E-state index < -0.39 is 0 Å². The lowest BCUT2D eigenvalue weighted by Gasteiger charge is -2.37. The van der Waals surface area contributed by atoms with E-state index in [2.05, 4.69) is 51.6 Å². The summed E-state index contributed by atoms with van der Waals surface area (Å²) in [5, 5.41) is 3.96. The van der Waals surface area contributed by atoms with Gasteiger partial charge in [0.05, 0.1) is 10.4 Å². The zero-order valence-corrected chi connectivity index (χ0v) is 16.8. The van der Waals surface area contributed by atoms with Gasteiger partial charge in [0.1, 0.15) is 5.82 Å². The summed E-state index contributed by atoms with van der Waals surface area (Å²) in [6, 6.07) is 20.5. The van der Waals surface area contributed by atoms with Crippen molar-refractivity contribution in [1.29, 1.82) is 0 Å². The molecule has 4 nitrogen and oxygen atoms in total. The summed E-state index contributed by atoms with van der Waals surface area (Å²) in [5.74, 6) is 1.84. The van der Waals surface area contributed by atoms with Gasteiger partial charge in [-0.3, -0.25) is 0 Å². The first-order valence-electron chi connectivity index (χ1n) is 9.34. The van der Waals surface area contributed by atoms with Crippen LogP contribution in [0.4, 0.5) is 11.5 Å². The van der Waals surface area contributed by atoms with Crippen LogP contribution < -0.4 is 9.80 Å². The van der Waals surface area contributed by atoms with Crippen molar-refractivity contribution in [3.05, 3.63) is 71.1 Å². The molecule has 1 saturated heterocycles. The monoisotopic (exact) mass is 406 g/mol. The van der Waals surface area contributed by atoms with Crippen LogP contribution in [0.2, 0.25) is 5.02 Å². The molecule has 2 aromatic heterocycles. The van der Waals surface area contributed by atoms with E-state index in [1.165, 1.54) is 5.69 Å². The first-order chi connectivity index (χ1) is 13.8. The van der Waals surface area contributed by atoms with Gasteiger partial charge in [-0.2, -0.15) is 0 Å². The summed E-state index contributed by atoms with van der Waals surface area (Å²) in [7, 11) is 0. The fourth-order valence-corrected chi connectivity index (χ4v) is 4.43. The topological polar surface area (TPSA) is 32.3 Å². The van der Waals surface area contributed by atoms with Crippen LogP contribution in [-0.2, 0) is 0 Å². The molecule has 140 valence electrons. The highest BCUT2D eigenvalue weighted by molar-refractivity contribution is 7.13. The lowest BCUT2D eigenvalue weighted by molar-refractivity contribution is 0.649. The van der Waals surface area contributed by atoms with Crippen LogP contribution in [0.25, 0.3) is 21.6 Å². The molecule has 3 heterocycles. The minimum Gasteiger partial charge on any atom is -0.368 e. The average Bonchev–Trinajstić information content (AvgIpc) is 3.29. The molecule has 28 heavy (non-hydrogen) atoms. The van der Waals surface area contributed by atoms with Crippen molar-refractivity contribution in [3.63, 3.8) is 0 Å². The van der Waals surface area contributed by atoms with Crippen molar-refractivity contribution in [2.45, 2.75) is 0 Å². The smallest absolute Gasteiger partial charge is 0.172 e. The zero-order chi connectivity index (χ0) is 18.9. The van der Waals surface area contributed by atoms with E-state index in [0.717, 1.165) is 58.6 Å². The highest BCUT2D eigenvalue weighted by atomic mass is 35.5. The zero-order valence-electron chi connectivity index (χ0n) is 15.3. The molecule has 1 aliphatic rings. The molecule has 0 atom stereocenters. The van der Waals surface area contributed by atoms with Crippen LogP contribution in [0.5, 0.6) is 0 Å². The molecule has 6 heteroatoms. The second-order valence-corrected chi connectivity index (χ2v) is 8.20. The molecular weight excluding hydrogens is 388 g/mol. The number of hydrogen-bond acceptors (Lipinski definition) is 5. The molecule has 0 N–H and O–H groups in total. The van der Waals surface area contributed by atoms with E-state index in [1.54, 1.807) is 11.3 Å². The van der Waals surface area contributed by atoms with Crippen molar-refractivity contribution < 1.29 is 0 Å². The van der Waals surface area contributed by atoms with Crippen LogP contribution in [0, 0.1) is 0 Å². The summed E-state index contributed by atoms with van der Waals surface area (Å²) < 4.78 is 0. The SMILES string of the molecule is Clc1ccc(N2CCN(c3nc(-c4cccs4)nc4ccccc34)CC2)cc1. The van der Waals surface area contributed by atoms with Crippen LogP contribution >= 0.6 is 22.9 Å². The summed E-state index contributed by atoms with van der Waals surface area (Å²) >= 11 is 7.70. The number of para-hydroxylation sites is 1. The Kier molecular flexibility index (Phi) is 4.63. The number of piperazine rings is 1. The Hall–Kier alpha value is -2.63. The fourth-order valence-electron chi connectivity index (χ4n) is 3.65. The maximum atomic E-state index is 6.03. The molecule has 2 aromatic carbocycles. The van der Waals surface area contributed by atoms with E-state index in [-0.39, 0.29) is 0 Å². The number of anilines is 2. The molecule has 1 fully saturated rings. The highest BCUT2D eigenvalue weighted by Gasteiger charge is 2.21. The molecule has 0 radical (unpaired) electrons. The van der Waals surface area contributed by atoms with Gasteiger partial charge in [-0.1, -0.05) is 29.8 Å². The van der Waals surface area contributed by atoms with Crippen LogP contribution in [0.15, 0.2) is 66.0 Å². The molecule has 1 aliphatic heterocycles. The van der Waals surface area contributed by atoms with Crippen molar-refractivity contribution in [3.8, 4) is 10.7 Å². The van der Waals surface area contributed by atoms with Crippen molar-refractivity contribution in [1.82, 2.24) is 9.97 Å². The van der Waals surface area contributed by atoms with Gasteiger partial charge in [0.15, 0.2) is 5.82 Å². The Morgan fingerprint density at radius 3 is 2.29 bits per heavy atom. The number of nitrogens with zero attached hydrogens (tertiary/aromatic N) is 4. The predicted molar refractivity (Wildman–Crippen MR) is 119 cm³/mol. The lowest BCUT2D eigenvalue weighted by atomic mass is 10.2. The lowest BCUT2D eigenvalue weighted by Crippen LogP contribution is -2.47. The van der Waals surface area contributed by atoms with E-state index >= 15 is 0 Å². The normalized spacial score (nSPS) is 14.6. The van der Waals surface area contributed by atoms with Gasteiger partial charge in [0.2, 0.25) is 0 Å². The van der Waals surface area contributed by atoms with E-state index in [9.17, 15) is 0 Å². The maximum Gasteiger partial charge on any atom is 0.172 e. The molecule has 0 unspecified atom stereocenters. The summed E-state index contributed by atoms with van der Waals surface area (Å²) in [6.45, 7) is 3.75. The Balaban J connectivity index is 1.45. The third kappa shape index (κ3) is 3.32. The van der Waals surface area contributed by atoms with Crippen molar-refractivity contribution in [2.24, 2.45) is 0 Å². The van der Waals surface area contributed by atoms with E-state index in [4.69, 9.17) is 21.6 Å². The van der Waals surface area contributed by atoms with Gasteiger partial charge in [0.25, 0.3) is 0 Å². The first kappa shape index (κ1) is 17.5. The molecule has 0 aliphatic carbocycles. The standard InChI is InChI=1S/C22H19ClN4S/c23-16-7-9-17(10-8-16)26-11-13-27(14-12-26)22-18-4-1-2-5-19(18)24-21(25-22)20-6-3-15-28-20/h1-10,15H,11-14H2. The molecule has 0 saturated carbocycles. The van der Waals surface area contributed by atoms with Gasteiger partial charge in [-0.25, -0.2) is 9.97 Å². The second kappa shape index (κ2) is 7.41. The minimum absolute atomic E-state index is 0.774. The summed E-state index contributed by atoms with van der Waals surface area (Å²) in [6.07, 6.45) is 0. The first-order valence-corrected chi connectivity index (χ1v) is 10.6. The third-order valence-corrected chi connectivity index (χ3v) is 6.21. The largest absolute Gasteiger partial charge is 0.368 e. The third-order valence-electron chi connectivity index (χ3n) is 5.10. The molecule has 0 bridgehead atoms. The van der Waals surface area contributed by atoms with E-state index in [1.807, 2.05) is 24.3 Å².